The molecule has 0 spiro atoms. The molecule has 31 heavy (non-hydrogen) atoms. The summed E-state index contributed by atoms with van der Waals surface area (Å²) in [6.45, 7) is 0. The minimum absolute atomic E-state index is 0.0250. The van der Waals surface area contributed by atoms with Crippen molar-refractivity contribution in [1.82, 2.24) is 15.2 Å². The maximum absolute atomic E-state index is 13.9. The van der Waals surface area contributed by atoms with Gasteiger partial charge in [-0.25, -0.2) is 9.18 Å². The van der Waals surface area contributed by atoms with Gasteiger partial charge in [-0.05, 0) is 37.5 Å². The van der Waals surface area contributed by atoms with Crippen LogP contribution in [0.5, 0.6) is 0 Å². The van der Waals surface area contributed by atoms with Crippen LogP contribution in [0, 0.1) is 5.82 Å². The standard InChI is InChI=1S/C17H16FN3O3.C2HF3O2/c18-12-9-19-6-5-11(12)17(23)21-10-3-4-14(21)13(8-10)20-16(22)15-2-1-7-24-15;3-2(4,5)1(6)7/h1-2,5-7,9-10,13-14H,3-4,8H2,(H,20,22);(H,6,7). The van der Waals surface area contributed by atoms with Crippen LogP contribution in [0.2, 0.25) is 0 Å². The van der Waals surface area contributed by atoms with E-state index in [-0.39, 0.29) is 41.3 Å². The Morgan fingerprint density at radius 3 is 2.52 bits per heavy atom. The zero-order valence-corrected chi connectivity index (χ0v) is 15.8. The van der Waals surface area contributed by atoms with Crippen molar-refractivity contribution in [2.75, 3.05) is 0 Å². The topological polar surface area (TPSA) is 113 Å². The van der Waals surface area contributed by atoms with Gasteiger partial charge in [-0.2, -0.15) is 13.2 Å². The summed E-state index contributed by atoms with van der Waals surface area (Å²) in [6.07, 6.45) is 1.15. The lowest BCUT2D eigenvalue weighted by Crippen LogP contribution is -2.45. The maximum atomic E-state index is 13.9. The van der Waals surface area contributed by atoms with Gasteiger partial charge in [0.25, 0.3) is 11.8 Å². The molecule has 2 bridgehead atoms. The number of hydrogen-bond acceptors (Lipinski definition) is 5. The minimum Gasteiger partial charge on any atom is -0.475 e. The Bertz CT molecular complexity index is 964. The lowest BCUT2D eigenvalue weighted by atomic mass is 9.95. The number of fused-ring (bicyclic) bond motifs is 2. The Hall–Kier alpha value is -3.44. The lowest BCUT2D eigenvalue weighted by molar-refractivity contribution is -0.192. The smallest absolute Gasteiger partial charge is 0.475 e. The highest BCUT2D eigenvalue weighted by Gasteiger charge is 2.49. The first-order valence-corrected chi connectivity index (χ1v) is 9.16. The van der Waals surface area contributed by atoms with Gasteiger partial charge in [0.15, 0.2) is 11.6 Å². The van der Waals surface area contributed by atoms with Gasteiger partial charge in [-0.3, -0.25) is 14.6 Å². The average molecular weight is 443 g/mol. The van der Waals surface area contributed by atoms with Gasteiger partial charge in [0.05, 0.1) is 30.1 Å². The minimum atomic E-state index is -5.08. The number of hydrogen-bond donors (Lipinski definition) is 2. The van der Waals surface area contributed by atoms with Crippen molar-refractivity contribution in [2.45, 2.75) is 43.6 Å². The molecule has 0 aromatic carbocycles. The quantitative estimate of drug-likeness (QED) is 0.706. The molecule has 12 heteroatoms. The summed E-state index contributed by atoms with van der Waals surface area (Å²) in [4.78, 5) is 39.2. The van der Waals surface area contributed by atoms with E-state index in [1.807, 2.05) is 0 Å². The van der Waals surface area contributed by atoms with E-state index in [0.29, 0.717) is 6.42 Å². The van der Waals surface area contributed by atoms with E-state index >= 15 is 0 Å². The van der Waals surface area contributed by atoms with E-state index in [0.717, 1.165) is 19.0 Å². The highest BCUT2D eigenvalue weighted by molar-refractivity contribution is 5.95. The summed E-state index contributed by atoms with van der Waals surface area (Å²) in [6, 6.07) is 4.41. The van der Waals surface area contributed by atoms with Crippen molar-refractivity contribution in [3.05, 3.63) is 54.0 Å². The number of halogens is 4. The van der Waals surface area contributed by atoms with Crippen molar-refractivity contribution in [3.8, 4) is 0 Å². The number of amides is 2. The molecule has 2 aliphatic rings. The Morgan fingerprint density at radius 1 is 1.23 bits per heavy atom. The zero-order valence-electron chi connectivity index (χ0n) is 15.8. The Balaban J connectivity index is 0.000000339. The van der Waals surface area contributed by atoms with Crippen LogP contribution in [-0.4, -0.2) is 57.1 Å². The third-order valence-electron chi connectivity index (χ3n) is 5.08. The van der Waals surface area contributed by atoms with Gasteiger partial charge in [-0.1, -0.05) is 0 Å². The van der Waals surface area contributed by atoms with E-state index in [1.165, 1.54) is 18.5 Å². The molecular formula is C19H17F4N3O5. The zero-order chi connectivity index (χ0) is 22.8. The monoisotopic (exact) mass is 443 g/mol. The van der Waals surface area contributed by atoms with Crippen molar-refractivity contribution in [1.29, 1.82) is 0 Å². The summed E-state index contributed by atoms with van der Waals surface area (Å²) in [5, 5.41) is 10.1. The predicted molar refractivity (Wildman–Crippen MR) is 95.4 cm³/mol. The van der Waals surface area contributed by atoms with E-state index in [9.17, 15) is 27.2 Å². The van der Waals surface area contributed by atoms with Gasteiger partial charge in [0.1, 0.15) is 0 Å². The fourth-order valence-corrected chi connectivity index (χ4v) is 3.80. The van der Waals surface area contributed by atoms with E-state index in [4.69, 9.17) is 14.3 Å². The molecule has 2 aliphatic heterocycles. The Labute approximate surface area is 172 Å². The highest BCUT2D eigenvalue weighted by atomic mass is 19.4. The van der Waals surface area contributed by atoms with Crippen molar-refractivity contribution in [3.63, 3.8) is 0 Å². The largest absolute Gasteiger partial charge is 0.490 e. The molecule has 2 saturated heterocycles. The first kappa shape index (κ1) is 22.2. The van der Waals surface area contributed by atoms with Crippen molar-refractivity contribution >= 4 is 17.8 Å². The summed E-state index contributed by atoms with van der Waals surface area (Å²) >= 11 is 0. The number of alkyl halides is 3. The second-order valence-corrected chi connectivity index (χ2v) is 6.96. The SMILES string of the molecule is O=C(NC1CC2CCC1N2C(=O)c1ccncc1F)c1ccco1.O=C(O)C(F)(F)F. The molecule has 0 saturated carbocycles. The van der Waals surface area contributed by atoms with Crippen LogP contribution in [0.25, 0.3) is 0 Å². The fraction of sp³-hybridized carbons (Fsp3) is 0.368. The summed E-state index contributed by atoms with van der Waals surface area (Å²) in [7, 11) is 0. The molecule has 2 fully saturated rings. The second-order valence-electron chi connectivity index (χ2n) is 6.96. The molecule has 2 aromatic rings. The number of furan rings is 1. The van der Waals surface area contributed by atoms with Gasteiger partial charge >= 0.3 is 12.1 Å². The maximum Gasteiger partial charge on any atom is 0.490 e. The Kier molecular flexibility index (Phi) is 6.27. The number of carbonyl (C=O) groups is 3. The van der Waals surface area contributed by atoms with Gasteiger partial charge < -0.3 is 19.7 Å². The molecule has 3 atom stereocenters. The molecule has 166 valence electrons. The lowest BCUT2D eigenvalue weighted by Gasteiger charge is -2.25. The predicted octanol–water partition coefficient (Wildman–Crippen LogP) is 2.62. The third-order valence-corrected chi connectivity index (χ3v) is 5.08. The van der Waals surface area contributed by atoms with Crippen LogP contribution >= 0.6 is 0 Å². The number of rotatable bonds is 3. The number of carboxylic acids is 1. The number of nitrogens with zero attached hydrogens (tertiary/aromatic N) is 2. The van der Waals surface area contributed by atoms with Crippen LogP contribution < -0.4 is 5.32 Å². The first-order chi connectivity index (χ1) is 14.6. The molecule has 4 heterocycles. The van der Waals surface area contributed by atoms with E-state index < -0.39 is 18.0 Å². The Morgan fingerprint density at radius 2 is 1.94 bits per heavy atom. The van der Waals surface area contributed by atoms with E-state index in [1.54, 1.807) is 17.0 Å². The second kappa shape index (κ2) is 8.74. The summed E-state index contributed by atoms with van der Waals surface area (Å²) < 4.78 is 50.7. The molecule has 2 amide bonds. The first-order valence-electron chi connectivity index (χ1n) is 9.16. The average Bonchev–Trinajstić information content (AvgIpc) is 3.44. The molecule has 2 N–H and O–H groups in total. The van der Waals surface area contributed by atoms with Crippen LogP contribution in [0.15, 0.2) is 41.3 Å². The van der Waals surface area contributed by atoms with Crippen molar-refractivity contribution in [2.24, 2.45) is 0 Å². The van der Waals surface area contributed by atoms with Crippen LogP contribution in [-0.2, 0) is 4.79 Å². The summed E-state index contributed by atoms with van der Waals surface area (Å²) in [5.74, 6) is -3.76. The molecule has 4 rings (SSSR count). The summed E-state index contributed by atoms with van der Waals surface area (Å²) in [5.41, 5.74) is 0.0277. The molecule has 2 aromatic heterocycles. The third kappa shape index (κ3) is 4.84. The fourth-order valence-electron chi connectivity index (χ4n) is 3.80. The molecule has 0 aliphatic carbocycles. The van der Waals surface area contributed by atoms with Gasteiger partial charge in [-0.15, -0.1) is 0 Å². The van der Waals surface area contributed by atoms with Crippen molar-refractivity contribution < 1.29 is 41.5 Å². The molecule has 0 radical (unpaired) electrons. The number of pyridine rings is 1. The molecule has 8 nitrogen and oxygen atoms in total. The molecular weight excluding hydrogens is 426 g/mol. The van der Waals surface area contributed by atoms with Crippen LogP contribution in [0.4, 0.5) is 17.6 Å². The number of nitrogens with one attached hydrogen (secondary N) is 1. The number of carbonyl (C=O) groups excluding carboxylic acids is 2. The van der Waals surface area contributed by atoms with Gasteiger partial charge in [0, 0.05) is 12.2 Å². The van der Waals surface area contributed by atoms with Crippen LogP contribution in [0.1, 0.15) is 40.2 Å². The normalized spacial score (nSPS) is 21.9. The number of aromatic nitrogens is 1. The number of carboxylic acid groups (broad SMARTS) is 1. The number of aliphatic carboxylic acids is 1. The highest BCUT2D eigenvalue weighted by Crippen LogP contribution is 2.39. The van der Waals surface area contributed by atoms with E-state index in [2.05, 4.69) is 10.3 Å². The molecule has 3 unspecified atom stereocenters. The van der Waals surface area contributed by atoms with Crippen LogP contribution in [0.3, 0.4) is 0 Å². The van der Waals surface area contributed by atoms with Gasteiger partial charge in [0.2, 0.25) is 0 Å².